The molecule has 6 heteroatoms. The SMILES string of the molecule is CCC(C)CNc1ccc(C(=O)N(C)C)cc1[N+](=O)[O-]. The Bertz CT molecular complexity index is 500. The highest BCUT2D eigenvalue weighted by Gasteiger charge is 2.18. The number of hydrogen-bond donors (Lipinski definition) is 1. The second-order valence-corrected chi connectivity index (χ2v) is 5.08. The van der Waals surface area contributed by atoms with Gasteiger partial charge in [0.25, 0.3) is 11.6 Å². The van der Waals surface area contributed by atoms with Gasteiger partial charge in [0.1, 0.15) is 5.69 Å². The van der Waals surface area contributed by atoms with Crippen LogP contribution in [0.4, 0.5) is 11.4 Å². The molecule has 1 N–H and O–H groups in total. The van der Waals surface area contributed by atoms with Crippen molar-refractivity contribution in [3.8, 4) is 0 Å². The van der Waals surface area contributed by atoms with E-state index in [1.807, 2.05) is 0 Å². The first kappa shape index (κ1) is 15.9. The van der Waals surface area contributed by atoms with Crippen LogP contribution in [0.3, 0.4) is 0 Å². The minimum absolute atomic E-state index is 0.0685. The van der Waals surface area contributed by atoms with Gasteiger partial charge in [-0.2, -0.15) is 0 Å². The van der Waals surface area contributed by atoms with Crippen molar-refractivity contribution in [2.45, 2.75) is 20.3 Å². The van der Waals surface area contributed by atoms with Crippen LogP contribution >= 0.6 is 0 Å². The fraction of sp³-hybridized carbons (Fsp3) is 0.500. The van der Waals surface area contributed by atoms with Crippen LogP contribution in [0.5, 0.6) is 0 Å². The summed E-state index contributed by atoms with van der Waals surface area (Å²) in [6.45, 7) is 4.81. The third-order valence-electron chi connectivity index (χ3n) is 3.19. The molecule has 0 aromatic heterocycles. The zero-order valence-electron chi connectivity index (χ0n) is 12.3. The highest BCUT2D eigenvalue weighted by Crippen LogP contribution is 2.26. The van der Waals surface area contributed by atoms with Crippen molar-refractivity contribution >= 4 is 17.3 Å². The second kappa shape index (κ2) is 6.88. The van der Waals surface area contributed by atoms with Crippen molar-refractivity contribution < 1.29 is 9.72 Å². The highest BCUT2D eigenvalue weighted by atomic mass is 16.6. The van der Waals surface area contributed by atoms with Gasteiger partial charge in [0.2, 0.25) is 0 Å². The van der Waals surface area contributed by atoms with Crippen LogP contribution in [0.15, 0.2) is 18.2 Å². The van der Waals surface area contributed by atoms with E-state index < -0.39 is 4.92 Å². The summed E-state index contributed by atoms with van der Waals surface area (Å²) in [5, 5.41) is 14.2. The maximum absolute atomic E-state index is 11.8. The van der Waals surface area contributed by atoms with Crippen molar-refractivity contribution in [3.05, 3.63) is 33.9 Å². The van der Waals surface area contributed by atoms with Gasteiger partial charge in [-0.05, 0) is 18.1 Å². The molecule has 1 aromatic carbocycles. The number of nitro groups is 1. The van der Waals surface area contributed by atoms with Gasteiger partial charge in [0, 0.05) is 32.3 Å². The van der Waals surface area contributed by atoms with Gasteiger partial charge in [-0.15, -0.1) is 0 Å². The zero-order chi connectivity index (χ0) is 15.3. The molecule has 6 nitrogen and oxygen atoms in total. The number of nitrogens with one attached hydrogen (secondary N) is 1. The van der Waals surface area contributed by atoms with Gasteiger partial charge in [-0.1, -0.05) is 20.3 Å². The number of rotatable bonds is 6. The van der Waals surface area contributed by atoms with Gasteiger partial charge in [0.05, 0.1) is 4.92 Å². The molecule has 0 aliphatic rings. The molecule has 0 spiro atoms. The Balaban J connectivity index is 3.02. The molecule has 0 fully saturated rings. The Morgan fingerprint density at radius 2 is 2.10 bits per heavy atom. The molecule has 0 radical (unpaired) electrons. The van der Waals surface area contributed by atoms with E-state index in [0.29, 0.717) is 23.7 Å². The van der Waals surface area contributed by atoms with Crippen molar-refractivity contribution in [3.63, 3.8) is 0 Å². The molecule has 20 heavy (non-hydrogen) atoms. The molecule has 0 heterocycles. The summed E-state index contributed by atoms with van der Waals surface area (Å²) in [6.07, 6.45) is 0.998. The van der Waals surface area contributed by atoms with Crippen LogP contribution in [-0.2, 0) is 0 Å². The van der Waals surface area contributed by atoms with E-state index in [1.54, 1.807) is 26.2 Å². The maximum Gasteiger partial charge on any atom is 0.293 e. The predicted octanol–water partition coefficient (Wildman–Crippen LogP) is 2.75. The smallest absolute Gasteiger partial charge is 0.293 e. The van der Waals surface area contributed by atoms with Crippen LogP contribution in [0.25, 0.3) is 0 Å². The number of nitro benzene ring substituents is 1. The van der Waals surface area contributed by atoms with Crippen molar-refractivity contribution in [1.82, 2.24) is 4.90 Å². The fourth-order valence-corrected chi connectivity index (χ4v) is 1.65. The largest absolute Gasteiger partial charge is 0.379 e. The standard InChI is InChI=1S/C14H21N3O3/c1-5-10(2)9-15-12-7-6-11(14(18)16(3)4)8-13(12)17(19)20/h6-8,10,15H,5,9H2,1-4H3. The van der Waals surface area contributed by atoms with Gasteiger partial charge in [0.15, 0.2) is 0 Å². The summed E-state index contributed by atoms with van der Waals surface area (Å²) in [7, 11) is 3.23. The molecule has 1 atom stereocenters. The molecule has 0 saturated heterocycles. The second-order valence-electron chi connectivity index (χ2n) is 5.08. The first-order valence-electron chi connectivity index (χ1n) is 6.60. The van der Waals surface area contributed by atoms with E-state index in [1.165, 1.54) is 11.0 Å². The minimum Gasteiger partial charge on any atom is -0.379 e. The van der Waals surface area contributed by atoms with Gasteiger partial charge < -0.3 is 10.2 Å². The molecule has 1 aromatic rings. The Morgan fingerprint density at radius 3 is 2.60 bits per heavy atom. The lowest BCUT2D eigenvalue weighted by atomic mass is 10.1. The summed E-state index contributed by atoms with van der Waals surface area (Å²) in [5.41, 5.74) is 0.697. The average molecular weight is 279 g/mol. The van der Waals surface area contributed by atoms with E-state index in [0.717, 1.165) is 6.42 Å². The Hall–Kier alpha value is -2.11. The number of benzene rings is 1. The lowest BCUT2D eigenvalue weighted by molar-refractivity contribution is -0.384. The first-order chi connectivity index (χ1) is 9.36. The molecule has 0 bridgehead atoms. The quantitative estimate of drug-likeness (QED) is 0.641. The number of nitrogens with zero attached hydrogens (tertiary/aromatic N) is 2. The van der Waals surface area contributed by atoms with E-state index >= 15 is 0 Å². The molecule has 1 amide bonds. The van der Waals surface area contributed by atoms with E-state index in [9.17, 15) is 14.9 Å². The Kier molecular flexibility index (Phi) is 5.49. The number of amides is 1. The minimum atomic E-state index is -0.467. The number of hydrogen-bond acceptors (Lipinski definition) is 4. The van der Waals surface area contributed by atoms with Gasteiger partial charge in [-0.25, -0.2) is 0 Å². The van der Waals surface area contributed by atoms with Crippen molar-refractivity contribution in [2.24, 2.45) is 5.92 Å². The maximum atomic E-state index is 11.8. The molecule has 0 aliphatic carbocycles. The summed E-state index contributed by atoms with van der Waals surface area (Å²) >= 11 is 0. The summed E-state index contributed by atoms with van der Waals surface area (Å²) in [5.74, 6) is 0.180. The predicted molar refractivity (Wildman–Crippen MR) is 79.1 cm³/mol. The topological polar surface area (TPSA) is 75.5 Å². The van der Waals surface area contributed by atoms with Crippen LogP contribution in [0.2, 0.25) is 0 Å². The summed E-state index contributed by atoms with van der Waals surface area (Å²) in [4.78, 5) is 23.9. The molecular weight excluding hydrogens is 258 g/mol. The van der Waals surface area contributed by atoms with Gasteiger partial charge in [-0.3, -0.25) is 14.9 Å². The number of carbonyl (C=O) groups is 1. The lowest BCUT2D eigenvalue weighted by Crippen LogP contribution is -2.21. The molecule has 1 unspecified atom stereocenters. The third-order valence-corrected chi connectivity index (χ3v) is 3.19. The summed E-state index contributed by atoms with van der Waals surface area (Å²) < 4.78 is 0. The normalized spacial score (nSPS) is 11.8. The van der Waals surface area contributed by atoms with Crippen LogP contribution < -0.4 is 5.32 Å². The molecule has 1 rings (SSSR count). The number of carbonyl (C=O) groups excluding carboxylic acids is 1. The summed E-state index contributed by atoms with van der Waals surface area (Å²) in [6, 6.07) is 4.52. The highest BCUT2D eigenvalue weighted by molar-refractivity contribution is 5.95. The molecule has 0 saturated carbocycles. The van der Waals surface area contributed by atoms with Crippen LogP contribution in [0, 0.1) is 16.0 Å². The van der Waals surface area contributed by atoms with E-state index in [2.05, 4.69) is 19.2 Å². The lowest BCUT2D eigenvalue weighted by Gasteiger charge is -2.13. The molecule has 110 valence electrons. The van der Waals surface area contributed by atoms with Crippen molar-refractivity contribution in [1.29, 1.82) is 0 Å². The zero-order valence-corrected chi connectivity index (χ0v) is 12.3. The van der Waals surface area contributed by atoms with Gasteiger partial charge >= 0.3 is 0 Å². The Morgan fingerprint density at radius 1 is 1.45 bits per heavy atom. The van der Waals surface area contributed by atoms with Crippen molar-refractivity contribution in [2.75, 3.05) is 26.0 Å². The van der Waals surface area contributed by atoms with Crippen LogP contribution in [-0.4, -0.2) is 36.4 Å². The Labute approximate surface area is 118 Å². The first-order valence-corrected chi connectivity index (χ1v) is 6.60. The molecular formula is C14H21N3O3. The van der Waals surface area contributed by atoms with Crippen LogP contribution in [0.1, 0.15) is 30.6 Å². The fourth-order valence-electron chi connectivity index (χ4n) is 1.65. The average Bonchev–Trinajstić information content (AvgIpc) is 2.43. The van der Waals surface area contributed by atoms with E-state index in [-0.39, 0.29) is 11.6 Å². The monoisotopic (exact) mass is 279 g/mol. The van der Waals surface area contributed by atoms with E-state index in [4.69, 9.17) is 0 Å². The third kappa shape index (κ3) is 3.94. The molecule has 0 aliphatic heterocycles. The number of anilines is 1.